The van der Waals surface area contributed by atoms with Crippen LogP contribution in [0.15, 0.2) is 33.3 Å². The molecule has 0 fully saturated rings. The Kier molecular flexibility index (Phi) is 4.75. The number of hydrogen-bond donors (Lipinski definition) is 2. The Hall–Kier alpha value is -1.60. The number of nitrogens with zero attached hydrogens (tertiary/aromatic N) is 3. The molecule has 2 aromatic heterocycles. The van der Waals surface area contributed by atoms with Gasteiger partial charge in [-0.3, -0.25) is 4.57 Å². The largest absolute Gasteiger partial charge is 0.343 e. The third-order valence-electron chi connectivity index (χ3n) is 2.54. The molecular weight excluding hydrogens is 262 g/mol. The number of hydrogen-bond acceptors (Lipinski definition) is 5. The lowest BCUT2D eigenvalue weighted by Crippen LogP contribution is -2.17. The normalized spacial score (nSPS) is 10.8. The molecule has 7 heteroatoms. The molecule has 0 atom stereocenters. The Morgan fingerprint density at radius 2 is 2.32 bits per heavy atom. The Morgan fingerprint density at radius 3 is 2.95 bits per heavy atom. The summed E-state index contributed by atoms with van der Waals surface area (Å²) < 4.78 is 1.63. The second-order valence-electron chi connectivity index (χ2n) is 4.10. The molecule has 2 aromatic rings. The van der Waals surface area contributed by atoms with E-state index < -0.39 is 0 Å². The van der Waals surface area contributed by atoms with Gasteiger partial charge in [-0.05, 0) is 36.9 Å². The van der Waals surface area contributed by atoms with E-state index in [1.807, 2.05) is 32.3 Å². The average Bonchev–Trinajstić information content (AvgIpc) is 2.75. The molecule has 2 N–H and O–H groups in total. The molecular formula is C12H17N5OS. The van der Waals surface area contributed by atoms with Crippen molar-refractivity contribution in [1.82, 2.24) is 25.1 Å². The van der Waals surface area contributed by atoms with Crippen LogP contribution in [0.3, 0.4) is 0 Å². The molecule has 2 heterocycles. The SMILES string of the molecule is CCCn1c(Sc2ccc(CNC)cn2)n[nH]c1=O. The summed E-state index contributed by atoms with van der Waals surface area (Å²) in [6.45, 7) is 3.48. The first-order valence-corrected chi connectivity index (χ1v) is 6.98. The van der Waals surface area contributed by atoms with Crippen LogP contribution < -0.4 is 11.0 Å². The van der Waals surface area contributed by atoms with Gasteiger partial charge in [0.05, 0.1) is 0 Å². The highest BCUT2D eigenvalue weighted by atomic mass is 32.2. The van der Waals surface area contributed by atoms with Crippen molar-refractivity contribution < 1.29 is 0 Å². The van der Waals surface area contributed by atoms with Crippen molar-refractivity contribution in [3.8, 4) is 0 Å². The molecule has 0 unspecified atom stereocenters. The van der Waals surface area contributed by atoms with E-state index in [1.54, 1.807) is 4.57 Å². The topological polar surface area (TPSA) is 75.6 Å². The predicted octanol–water partition coefficient (Wildman–Crippen LogP) is 1.25. The minimum absolute atomic E-state index is 0.170. The second kappa shape index (κ2) is 6.53. The molecule has 2 rings (SSSR count). The van der Waals surface area contributed by atoms with Crippen LogP contribution in [0.5, 0.6) is 0 Å². The minimum atomic E-state index is -0.170. The summed E-state index contributed by atoms with van der Waals surface area (Å²) in [5.41, 5.74) is 0.955. The lowest BCUT2D eigenvalue weighted by atomic mass is 10.3. The molecule has 0 radical (unpaired) electrons. The van der Waals surface area contributed by atoms with Crippen molar-refractivity contribution in [1.29, 1.82) is 0 Å². The van der Waals surface area contributed by atoms with E-state index in [9.17, 15) is 4.79 Å². The van der Waals surface area contributed by atoms with Crippen LogP contribution in [0.4, 0.5) is 0 Å². The summed E-state index contributed by atoms with van der Waals surface area (Å²) >= 11 is 1.39. The van der Waals surface area contributed by atoms with Gasteiger partial charge in [0.2, 0.25) is 0 Å². The highest BCUT2D eigenvalue weighted by Crippen LogP contribution is 2.23. The second-order valence-corrected chi connectivity index (χ2v) is 5.09. The van der Waals surface area contributed by atoms with E-state index in [0.29, 0.717) is 11.7 Å². The Labute approximate surface area is 115 Å². The molecule has 0 spiro atoms. The monoisotopic (exact) mass is 279 g/mol. The van der Waals surface area contributed by atoms with Crippen LogP contribution in [0.1, 0.15) is 18.9 Å². The minimum Gasteiger partial charge on any atom is -0.316 e. The summed E-state index contributed by atoms with van der Waals surface area (Å²) in [6.07, 6.45) is 2.72. The van der Waals surface area contributed by atoms with Crippen LogP contribution in [-0.2, 0) is 13.1 Å². The van der Waals surface area contributed by atoms with Crippen molar-refractivity contribution in [3.05, 3.63) is 34.4 Å². The van der Waals surface area contributed by atoms with Crippen molar-refractivity contribution in [2.45, 2.75) is 36.6 Å². The molecule has 0 aromatic carbocycles. The maximum absolute atomic E-state index is 11.6. The quantitative estimate of drug-likeness (QED) is 0.832. The van der Waals surface area contributed by atoms with E-state index in [-0.39, 0.29) is 5.69 Å². The number of pyridine rings is 1. The van der Waals surface area contributed by atoms with Crippen molar-refractivity contribution >= 4 is 11.8 Å². The summed E-state index contributed by atoms with van der Waals surface area (Å²) in [4.78, 5) is 15.9. The summed E-state index contributed by atoms with van der Waals surface area (Å²) in [5, 5.41) is 11.1. The zero-order chi connectivity index (χ0) is 13.7. The van der Waals surface area contributed by atoms with Gasteiger partial charge in [0.25, 0.3) is 0 Å². The van der Waals surface area contributed by atoms with E-state index in [4.69, 9.17) is 0 Å². The first-order chi connectivity index (χ1) is 9.24. The predicted molar refractivity (Wildman–Crippen MR) is 74.3 cm³/mol. The Bertz CT molecular complexity index is 575. The van der Waals surface area contributed by atoms with Gasteiger partial charge in [-0.15, -0.1) is 5.10 Å². The van der Waals surface area contributed by atoms with E-state index in [1.165, 1.54) is 11.8 Å². The van der Waals surface area contributed by atoms with Crippen LogP contribution in [-0.4, -0.2) is 26.8 Å². The van der Waals surface area contributed by atoms with E-state index in [2.05, 4.69) is 20.5 Å². The molecule has 0 bridgehead atoms. The van der Waals surface area contributed by atoms with Crippen LogP contribution >= 0.6 is 11.8 Å². The summed E-state index contributed by atoms with van der Waals surface area (Å²) in [5.74, 6) is 0. The summed E-state index contributed by atoms with van der Waals surface area (Å²) in [6, 6.07) is 3.95. The van der Waals surface area contributed by atoms with Gasteiger partial charge < -0.3 is 5.32 Å². The number of aromatic nitrogens is 4. The molecule has 0 saturated heterocycles. The highest BCUT2D eigenvalue weighted by molar-refractivity contribution is 7.99. The highest BCUT2D eigenvalue weighted by Gasteiger charge is 2.09. The van der Waals surface area contributed by atoms with Crippen molar-refractivity contribution in [3.63, 3.8) is 0 Å². The van der Waals surface area contributed by atoms with Crippen LogP contribution in [0.2, 0.25) is 0 Å². The van der Waals surface area contributed by atoms with Gasteiger partial charge in [-0.1, -0.05) is 13.0 Å². The number of rotatable bonds is 6. The van der Waals surface area contributed by atoms with Gasteiger partial charge >= 0.3 is 5.69 Å². The van der Waals surface area contributed by atoms with Gasteiger partial charge in [0, 0.05) is 19.3 Å². The van der Waals surface area contributed by atoms with Gasteiger partial charge in [-0.25, -0.2) is 14.9 Å². The Balaban J connectivity index is 2.14. The van der Waals surface area contributed by atoms with Crippen molar-refractivity contribution in [2.24, 2.45) is 0 Å². The first kappa shape index (κ1) is 13.8. The lowest BCUT2D eigenvalue weighted by molar-refractivity contribution is 0.603. The van der Waals surface area contributed by atoms with Crippen molar-refractivity contribution in [2.75, 3.05) is 7.05 Å². The molecule has 0 aliphatic rings. The fourth-order valence-electron chi connectivity index (χ4n) is 1.68. The molecule has 0 saturated carbocycles. The van der Waals surface area contributed by atoms with Crippen LogP contribution in [0.25, 0.3) is 0 Å². The molecule has 19 heavy (non-hydrogen) atoms. The van der Waals surface area contributed by atoms with Gasteiger partial charge in [-0.2, -0.15) is 0 Å². The number of aromatic amines is 1. The molecule has 6 nitrogen and oxygen atoms in total. The molecule has 0 amide bonds. The average molecular weight is 279 g/mol. The maximum atomic E-state index is 11.6. The van der Waals surface area contributed by atoms with E-state index >= 15 is 0 Å². The van der Waals surface area contributed by atoms with Gasteiger partial charge in [0.15, 0.2) is 5.16 Å². The molecule has 0 aliphatic heterocycles. The fourth-order valence-corrected chi connectivity index (χ4v) is 2.48. The fraction of sp³-hybridized carbons (Fsp3) is 0.417. The maximum Gasteiger partial charge on any atom is 0.343 e. The third kappa shape index (κ3) is 3.45. The molecule has 102 valence electrons. The van der Waals surface area contributed by atoms with Crippen LogP contribution in [0, 0.1) is 0 Å². The number of H-pyrrole nitrogens is 1. The Morgan fingerprint density at radius 1 is 1.47 bits per heavy atom. The molecule has 0 aliphatic carbocycles. The smallest absolute Gasteiger partial charge is 0.316 e. The van der Waals surface area contributed by atoms with Gasteiger partial charge in [0.1, 0.15) is 5.03 Å². The zero-order valence-electron chi connectivity index (χ0n) is 11.0. The first-order valence-electron chi connectivity index (χ1n) is 6.17. The lowest BCUT2D eigenvalue weighted by Gasteiger charge is -2.04. The number of nitrogens with one attached hydrogen (secondary N) is 2. The third-order valence-corrected chi connectivity index (χ3v) is 3.49. The summed E-state index contributed by atoms with van der Waals surface area (Å²) in [7, 11) is 1.90. The van der Waals surface area contributed by atoms with E-state index in [0.717, 1.165) is 23.6 Å². The standard InChI is InChI=1S/C12H17N5OS/c1-3-6-17-11(18)15-16-12(17)19-10-5-4-9(7-13-2)8-14-10/h4-5,8,13H,3,6-7H2,1-2H3,(H,15,18). The zero-order valence-corrected chi connectivity index (χ0v) is 11.8.